The van der Waals surface area contributed by atoms with Gasteiger partial charge in [-0.05, 0) is 56.6 Å². The maximum atomic E-state index is 12.3. The zero-order valence-corrected chi connectivity index (χ0v) is 17.5. The van der Waals surface area contributed by atoms with Gasteiger partial charge in [0.05, 0.1) is 0 Å². The molecule has 1 aromatic rings. The first kappa shape index (κ1) is 21.8. The van der Waals surface area contributed by atoms with E-state index in [9.17, 15) is 13.2 Å². The number of alkyl halides is 3. The van der Waals surface area contributed by atoms with E-state index >= 15 is 0 Å². The minimum absolute atomic E-state index is 0.142. The molecule has 2 saturated heterocycles. The molecule has 2 aliphatic heterocycles. The lowest BCUT2D eigenvalue weighted by atomic mass is 9.72. The van der Waals surface area contributed by atoms with Gasteiger partial charge in [0.2, 0.25) is 0 Å². The fourth-order valence-corrected chi connectivity index (χ4v) is 4.28. The lowest BCUT2D eigenvalue weighted by Gasteiger charge is -2.54. The number of halogens is 3. The summed E-state index contributed by atoms with van der Waals surface area (Å²) in [5, 5.41) is 0. The lowest BCUT2D eigenvalue weighted by molar-refractivity contribution is -0.176. The van der Waals surface area contributed by atoms with Gasteiger partial charge in [0, 0.05) is 44.3 Å². The molecule has 0 amide bonds. The van der Waals surface area contributed by atoms with Crippen molar-refractivity contribution in [3.63, 3.8) is 0 Å². The minimum Gasteiger partial charge on any atom is -0.470 e. The zero-order valence-electron chi connectivity index (χ0n) is 17.5. The number of piperidine rings is 1. The van der Waals surface area contributed by atoms with Crippen molar-refractivity contribution in [3.05, 3.63) is 42.3 Å². The Balaban J connectivity index is 1.41. The van der Waals surface area contributed by atoms with Gasteiger partial charge < -0.3 is 14.5 Å². The van der Waals surface area contributed by atoms with Crippen molar-refractivity contribution in [2.45, 2.75) is 38.9 Å². The van der Waals surface area contributed by atoms with Gasteiger partial charge in [0.1, 0.15) is 0 Å². The van der Waals surface area contributed by atoms with E-state index in [2.05, 4.69) is 54.6 Å². The average molecular weight is 412 g/mol. The number of likely N-dealkylation sites (tertiary alicyclic amines) is 2. The van der Waals surface area contributed by atoms with Gasteiger partial charge >= 0.3 is 6.18 Å². The number of nitrogens with zero attached hydrogens (tertiary/aromatic N) is 3. The standard InChI is InChI=1S/C22H32F3N3O/c1-4-11-26(3)20-7-5-19(6-8-20)14-27-12-9-21(10-13-27)15-28(16-21)18(2)29-17-22(23,24)25/h5-8H,2,4,9-17H2,1,3H3. The first-order valence-electron chi connectivity index (χ1n) is 10.4. The van der Waals surface area contributed by atoms with Crippen LogP contribution < -0.4 is 4.90 Å². The predicted molar refractivity (Wildman–Crippen MR) is 110 cm³/mol. The highest BCUT2D eigenvalue weighted by Gasteiger charge is 2.46. The van der Waals surface area contributed by atoms with E-state index in [1.54, 1.807) is 0 Å². The molecule has 3 rings (SSSR count). The van der Waals surface area contributed by atoms with Crippen LogP contribution in [0.4, 0.5) is 18.9 Å². The number of benzene rings is 1. The summed E-state index contributed by atoms with van der Waals surface area (Å²) < 4.78 is 41.6. The normalized spacial score (nSPS) is 19.1. The lowest BCUT2D eigenvalue weighted by Crippen LogP contribution is -2.59. The van der Waals surface area contributed by atoms with Crippen LogP contribution in [0.25, 0.3) is 0 Å². The van der Waals surface area contributed by atoms with Crippen molar-refractivity contribution >= 4 is 5.69 Å². The Morgan fingerprint density at radius 2 is 1.79 bits per heavy atom. The second-order valence-corrected chi connectivity index (χ2v) is 8.52. The first-order chi connectivity index (χ1) is 13.7. The summed E-state index contributed by atoms with van der Waals surface area (Å²) in [5.41, 5.74) is 2.77. The Labute approximate surface area is 171 Å². The van der Waals surface area contributed by atoms with E-state index in [-0.39, 0.29) is 11.3 Å². The van der Waals surface area contributed by atoms with E-state index in [1.165, 1.54) is 11.3 Å². The van der Waals surface area contributed by atoms with Crippen molar-refractivity contribution < 1.29 is 17.9 Å². The van der Waals surface area contributed by atoms with Crippen LogP contribution in [0, 0.1) is 5.41 Å². The molecule has 7 heteroatoms. The number of ether oxygens (including phenoxy) is 1. The fourth-order valence-electron chi connectivity index (χ4n) is 4.28. The van der Waals surface area contributed by atoms with Gasteiger partial charge in [-0.1, -0.05) is 19.1 Å². The van der Waals surface area contributed by atoms with Crippen molar-refractivity contribution in [1.82, 2.24) is 9.80 Å². The summed E-state index contributed by atoms with van der Waals surface area (Å²) in [6, 6.07) is 8.79. The van der Waals surface area contributed by atoms with E-state index < -0.39 is 12.8 Å². The van der Waals surface area contributed by atoms with Crippen LogP contribution >= 0.6 is 0 Å². The monoisotopic (exact) mass is 411 g/mol. The quantitative estimate of drug-likeness (QED) is 0.587. The molecule has 0 radical (unpaired) electrons. The van der Waals surface area contributed by atoms with Crippen molar-refractivity contribution in [3.8, 4) is 0 Å². The molecular weight excluding hydrogens is 379 g/mol. The summed E-state index contributed by atoms with van der Waals surface area (Å²) >= 11 is 0. The fraction of sp³-hybridized carbons (Fsp3) is 0.636. The average Bonchev–Trinajstić information content (AvgIpc) is 2.65. The van der Waals surface area contributed by atoms with E-state index in [0.29, 0.717) is 0 Å². The highest BCUT2D eigenvalue weighted by molar-refractivity contribution is 5.46. The molecule has 1 spiro atoms. The molecular formula is C22H32F3N3O. The van der Waals surface area contributed by atoms with Crippen LogP contribution in [0.2, 0.25) is 0 Å². The van der Waals surface area contributed by atoms with Crippen molar-refractivity contribution in [2.75, 3.05) is 51.3 Å². The third kappa shape index (κ3) is 5.81. The Bertz CT molecular complexity index is 674. The van der Waals surface area contributed by atoms with Crippen molar-refractivity contribution in [2.24, 2.45) is 5.41 Å². The molecule has 0 aliphatic carbocycles. The van der Waals surface area contributed by atoms with Crippen LogP contribution in [0.5, 0.6) is 0 Å². The molecule has 2 fully saturated rings. The number of anilines is 1. The second-order valence-electron chi connectivity index (χ2n) is 8.52. The highest BCUT2D eigenvalue weighted by Crippen LogP contribution is 2.42. The van der Waals surface area contributed by atoms with E-state index in [1.807, 2.05) is 4.90 Å². The molecule has 2 aliphatic rings. The summed E-state index contributed by atoms with van der Waals surface area (Å²) in [7, 11) is 2.12. The maximum absolute atomic E-state index is 12.3. The second kappa shape index (κ2) is 8.86. The van der Waals surface area contributed by atoms with Crippen LogP contribution in [0.3, 0.4) is 0 Å². The Morgan fingerprint density at radius 3 is 2.34 bits per heavy atom. The van der Waals surface area contributed by atoms with Crippen LogP contribution in [0.1, 0.15) is 31.7 Å². The van der Waals surface area contributed by atoms with Crippen LogP contribution in [0.15, 0.2) is 36.7 Å². The van der Waals surface area contributed by atoms with Crippen LogP contribution in [-0.4, -0.2) is 62.4 Å². The molecule has 0 N–H and O–H groups in total. The Morgan fingerprint density at radius 1 is 1.17 bits per heavy atom. The van der Waals surface area contributed by atoms with E-state index in [0.717, 1.165) is 58.5 Å². The molecule has 0 bridgehead atoms. The number of hydrogen-bond donors (Lipinski definition) is 0. The summed E-state index contributed by atoms with van der Waals surface area (Å²) in [6.07, 6.45) is -1.06. The third-order valence-electron chi connectivity index (χ3n) is 6.07. The molecule has 4 nitrogen and oxygen atoms in total. The van der Waals surface area contributed by atoms with Gasteiger partial charge in [0.25, 0.3) is 0 Å². The smallest absolute Gasteiger partial charge is 0.422 e. The summed E-state index contributed by atoms with van der Waals surface area (Å²) in [6.45, 7) is 10.1. The molecule has 29 heavy (non-hydrogen) atoms. The topological polar surface area (TPSA) is 19.0 Å². The SMILES string of the molecule is C=C(OCC(F)(F)F)N1CC2(CCN(Cc3ccc(N(C)CCC)cc3)CC2)C1. The van der Waals surface area contributed by atoms with Gasteiger partial charge in [-0.25, -0.2) is 0 Å². The molecule has 1 aromatic carbocycles. The summed E-state index contributed by atoms with van der Waals surface area (Å²) in [4.78, 5) is 6.56. The number of rotatable bonds is 8. The van der Waals surface area contributed by atoms with Crippen molar-refractivity contribution in [1.29, 1.82) is 0 Å². The van der Waals surface area contributed by atoms with Gasteiger partial charge in [-0.3, -0.25) is 4.90 Å². The van der Waals surface area contributed by atoms with Crippen LogP contribution in [-0.2, 0) is 11.3 Å². The molecule has 2 heterocycles. The zero-order chi connectivity index (χ0) is 21.1. The third-order valence-corrected chi connectivity index (χ3v) is 6.07. The van der Waals surface area contributed by atoms with Gasteiger partial charge in [-0.15, -0.1) is 0 Å². The summed E-state index contributed by atoms with van der Waals surface area (Å²) in [5.74, 6) is 0.142. The molecule has 0 atom stereocenters. The predicted octanol–water partition coefficient (Wildman–Crippen LogP) is 4.48. The molecule has 0 saturated carbocycles. The molecule has 0 aromatic heterocycles. The van der Waals surface area contributed by atoms with Gasteiger partial charge in [-0.2, -0.15) is 13.2 Å². The molecule has 0 unspecified atom stereocenters. The number of hydrogen-bond acceptors (Lipinski definition) is 4. The van der Waals surface area contributed by atoms with E-state index in [4.69, 9.17) is 4.74 Å². The highest BCUT2D eigenvalue weighted by atomic mass is 19.4. The largest absolute Gasteiger partial charge is 0.470 e. The Kier molecular flexibility index (Phi) is 6.66. The first-order valence-corrected chi connectivity index (χ1v) is 10.4. The molecule has 162 valence electrons. The minimum atomic E-state index is -4.32. The Hall–Kier alpha value is -1.89. The maximum Gasteiger partial charge on any atom is 0.422 e. The van der Waals surface area contributed by atoms with Gasteiger partial charge in [0.15, 0.2) is 12.5 Å².